The quantitative estimate of drug-likeness (QED) is 0.807. The minimum atomic E-state index is -3.38. The Hall–Kier alpha value is -1.69. The minimum absolute atomic E-state index is 0.182. The van der Waals surface area contributed by atoms with Gasteiger partial charge in [0.15, 0.2) is 15.7 Å². The van der Waals surface area contributed by atoms with Crippen molar-refractivity contribution in [3.63, 3.8) is 0 Å². The molecule has 84 valence electrons. The van der Waals surface area contributed by atoms with Crippen LogP contribution in [0.3, 0.4) is 0 Å². The molecule has 16 heavy (non-hydrogen) atoms. The van der Waals surface area contributed by atoms with Crippen LogP contribution in [-0.2, 0) is 15.6 Å². The summed E-state index contributed by atoms with van der Waals surface area (Å²) in [7, 11) is -3.38. The molecular weight excluding hydrogens is 228 g/mol. The zero-order valence-electron chi connectivity index (χ0n) is 8.62. The van der Waals surface area contributed by atoms with Gasteiger partial charge in [0.05, 0.1) is 4.90 Å². The first-order valence-corrected chi connectivity index (χ1v) is 6.30. The van der Waals surface area contributed by atoms with E-state index in [9.17, 15) is 8.42 Å². The Morgan fingerprint density at radius 2 is 1.94 bits per heavy atom. The Labute approximate surface area is 93.0 Å². The summed E-state index contributed by atoms with van der Waals surface area (Å²) in [5, 5.41) is 3.56. The molecule has 0 aliphatic rings. The molecule has 0 spiro atoms. The van der Waals surface area contributed by atoms with Crippen molar-refractivity contribution in [2.45, 2.75) is 17.6 Å². The van der Waals surface area contributed by atoms with E-state index in [0.29, 0.717) is 5.89 Å². The number of hydrogen-bond donors (Lipinski definition) is 0. The summed E-state index contributed by atoms with van der Waals surface area (Å²) < 4.78 is 28.5. The molecule has 0 N–H and O–H groups in total. The molecule has 1 heterocycles. The van der Waals surface area contributed by atoms with Crippen molar-refractivity contribution < 1.29 is 12.9 Å². The van der Waals surface area contributed by atoms with E-state index in [4.69, 9.17) is 4.52 Å². The molecule has 0 radical (unpaired) electrons. The van der Waals surface area contributed by atoms with Crippen LogP contribution >= 0.6 is 0 Å². The molecule has 0 saturated heterocycles. The van der Waals surface area contributed by atoms with Crippen LogP contribution in [0.25, 0.3) is 0 Å². The van der Waals surface area contributed by atoms with Crippen LogP contribution < -0.4 is 0 Å². The Balaban J connectivity index is 2.28. The molecule has 0 aliphatic carbocycles. The molecule has 6 heteroatoms. The number of hydrogen-bond acceptors (Lipinski definition) is 5. The van der Waals surface area contributed by atoms with Crippen LogP contribution in [0.15, 0.2) is 39.8 Å². The van der Waals surface area contributed by atoms with Gasteiger partial charge in [-0.2, -0.15) is 4.98 Å². The first-order valence-electron chi connectivity index (χ1n) is 4.65. The molecule has 0 fully saturated rings. The predicted molar refractivity (Wildman–Crippen MR) is 56.4 cm³/mol. The molecule has 2 rings (SSSR count). The van der Waals surface area contributed by atoms with Crippen molar-refractivity contribution in [1.82, 2.24) is 10.1 Å². The van der Waals surface area contributed by atoms with E-state index in [2.05, 4.69) is 10.1 Å². The summed E-state index contributed by atoms with van der Waals surface area (Å²) in [6, 6.07) is 8.20. The number of aromatic nitrogens is 2. The van der Waals surface area contributed by atoms with Gasteiger partial charge in [0, 0.05) is 6.92 Å². The molecule has 0 bridgehead atoms. The van der Waals surface area contributed by atoms with E-state index in [0.717, 1.165) is 0 Å². The monoisotopic (exact) mass is 238 g/mol. The van der Waals surface area contributed by atoms with Gasteiger partial charge in [0.2, 0.25) is 5.89 Å². The molecule has 1 aromatic heterocycles. The van der Waals surface area contributed by atoms with E-state index in [1.807, 2.05) is 0 Å². The molecule has 2 aromatic rings. The Kier molecular flexibility index (Phi) is 2.74. The minimum Gasteiger partial charge on any atom is -0.340 e. The first-order chi connectivity index (χ1) is 7.58. The lowest BCUT2D eigenvalue weighted by Gasteiger charge is -2.00. The summed E-state index contributed by atoms with van der Waals surface area (Å²) >= 11 is 0. The van der Waals surface area contributed by atoms with Crippen molar-refractivity contribution in [3.05, 3.63) is 42.0 Å². The largest absolute Gasteiger partial charge is 0.340 e. The molecule has 0 saturated carbocycles. The van der Waals surface area contributed by atoms with Gasteiger partial charge in [-0.1, -0.05) is 23.4 Å². The highest BCUT2D eigenvalue weighted by Gasteiger charge is 2.18. The predicted octanol–water partition coefficient (Wildman–Crippen LogP) is 1.35. The molecule has 0 unspecified atom stereocenters. The standard InChI is InChI=1S/C10H10N2O3S/c1-8-11-10(12-15-8)7-16(13,14)9-5-3-2-4-6-9/h2-6H,7H2,1H3. The van der Waals surface area contributed by atoms with Crippen LogP contribution in [0.1, 0.15) is 11.7 Å². The summed E-state index contributed by atoms with van der Waals surface area (Å²) in [5.41, 5.74) is 0. The van der Waals surface area contributed by atoms with E-state index in [1.54, 1.807) is 37.3 Å². The normalized spacial score (nSPS) is 11.6. The van der Waals surface area contributed by atoms with Crippen LogP contribution in [0.5, 0.6) is 0 Å². The Bertz CT molecular complexity index is 575. The fraction of sp³-hybridized carbons (Fsp3) is 0.200. The van der Waals surface area contributed by atoms with Crippen LogP contribution in [-0.4, -0.2) is 18.6 Å². The zero-order chi connectivity index (χ0) is 11.6. The number of benzene rings is 1. The van der Waals surface area contributed by atoms with Gasteiger partial charge in [0.1, 0.15) is 5.75 Å². The fourth-order valence-corrected chi connectivity index (χ4v) is 2.48. The second kappa shape index (κ2) is 4.05. The highest BCUT2D eigenvalue weighted by atomic mass is 32.2. The lowest BCUT2D eigenvalue weighted by Crippen LogP contribution is -2.06. The van der Waals surface area contributed by atoms with E-state index >= 15 is 0 Å². The van der Waals surface area contributed by atoms with Crippen molar-refractivity contribution in [2.24, 2.45) is 0 Å². The van der Waals surface area contributed by atoms with Gasteiger partial charge < -0.3 is 4.52 Å². The number of nitrogens with zero attached hydrogens (tertiary/aromatic N) is 2. The van der Waals surface area contributed by atoms with Crippen molar-refractivity contribution in [1.29, 1.82) is 0 Å². The number of sulfone groups is 1. The maximum atomic E-state index is 11.9. The first kappa shape index (κ1) is 10.8. The number of aryl methyl sites for hydroxylation is 1. The SMILES string of the molecule is Cc1nc(CS(=O)(=O)c2ccccc2)no1. The molecule has 1 aromatic carbocycles. The Morgan fingerprint density at radius 3 is 2.50 bits per heavy atom. The maximum absolute atomic E-state index is 11.9. The topological polar surface area (TPSA) is 73.1 Å². The van der Waals surface area contributed by atoms with Crippen molar-refractivity contribution in [3.8, 4) is 0 Å². The van der Waals surface area contributed by atoms with Gasteiger partial charge in [-0.25, -0.2) is 8.42 Å². The molecule has 0 aliphatic heterocycles. The lowest BCUT2D eigenvalue weighted by atomic mass is 10.4. The zero-order valence-corrected chi connectivity index (χ0v) is 9.44. The van der Waals surface area contributed by atoms with Crippen LogP contribution in [0, 0.1) is 6.92 Å². The fourth-order valence-electron chi connectivity index (χ4n) is 1.28. The smallest absolute Gasteiger partial charge is 0.223 e. The summed E-state index contributed by atoms with van der Waals surface area (Å²) in [6.45, 7) is 1.62. The third-order valence-corrected chi connectivity index (χ3v) is 3.62. The second-order valence-electron chi connectivity index (χ2n) is 3.30. The van der Waals surface area contributed by atoms with Crippen molar-refractivity contribution in [2.75, 3.05) is 0 Å². The van der Waals surface area contributed by atoms with Gasteiger partial charge in [-0.3, -0.25) is 0 Å². The summed E-state index contributed by atoms with van der Waals surface area (Å²) in [6.07, 6.45) is 0. The van der Waals surface area contributed by atoms with Gasteiger partial charge in [-0.05, 0) is 12.1 Å². The van der Waals surface area contributed by atoms with Crippen LogP contribution in [0.2, 0.25) is 0 Å². The number of rotatable bonds is 3. The van der Waals surface area contributed by atoms with Gasteiger partial charge in [0.25, 0.3) is 0 Å². The van der Waals surface area contributed by atoms with E-state index in [-0.39, 0.29) is 16.5 Å². The van der Waals surface area contributed by atoms with Crippen molar-refractivity contribution >= 4 is 9.84 Å². The van der Waals surface area contributed by atoms with Gasteiger partial charge in [-0.15, -0.1) is 0 Å². The molecular formula is C10H10N2O3S. The summed E-state index contributed by atoms with van der Waals surface area (Å²) in [4.78, 5) is 4.13. The molecule has 0 amide bonds. The summed E-state index contributed by atoms with van der Waals surface area (Å²) in [5.74, 6) is 0.300. The second-order valence-corrected chi connectivity index (χ2v) is 5.29. The van der Waals surface area contributed by atoms with Crippen LogP contribution in [0.4, 0.5) is 0 Å². The maximum Gasteiger partial charge on any atom is 0.223 e. The van der Waals surface area contributed by atoms with E-state index < -0.39 is 9.84 Å². The van der Waals surface area contributed by atoms with E-state index in [1.165, 1.54) is 0 Å². The third-order valence-electron chi connectivity index (χ3n) is 1.99. The molecule has 0 atom stereocenters. The average Bonchev–Trinajstić information content (AvgIpc) is 2.64. The lowest BCUT2D eigenvalue weighted by molar-refractivity contribution is 0.388. The molecule has 5 nitrogen and oxygen atoms in total. The Morgan fingerprint density at radius 1 is 1.25 bits per heavy atom. The third kappa shape index (κ3) is 2.27. The highest BCUT2D eigenvalue weighted by Crippen LogP contribution is 2.14. The highest BCUT2D eigenvalue weighted by molar-refractivity contribution is 7.90. The van der Waals surface area contributed by atoms with Gasteiger partial charge >= 0.3 is 0 Å². The average molecular weight is 238 g/mol.